The minimum atomic E-state index is 0.640. The maximum absolute atomic E-state index is 5.53. The van der Waals surface area contributed by atoms with Crippen molar-refractivity contribution >= 4 is 0 Å². The Balaban J connectivity index is 2.39. The number of allylic oxidation sites excluding steroid dienone is 1. The number of rotatable bonds is 2. The lowest BCUT2D eigenvalue weighted by molar-refractivity contribution is 0.170. The highest BCUT2D eigenvalue weighted by molar-refractivity contribution is 5.48. The van der Waals surface area contributed by atoms with Gasteiger partial charge in [0.1, 0.15) is 13.2 Å². The molecule has 0 amide bonds. The van der Waals surface area contributed by atoms with Gasteiger partial charge in [0.05, 0.1) is 0 Å². The maximum Gasteiger partial charge on any atom is 0.164 e. The van der Waals surface area contributed by atoms with Gasteiger partial charge in [-0.15, -0.1) is 6.58 Å². The molecule has 0 atom stereocenters. The molecule has 0 radical (unpaired) electrons. The van der Waals surface area contributed by atoms with E-state index in [-0.39, 0.29) is 0 Å². The lowest BCUT2D eigenvalue weighted by Gasteiger charge is -2.20. The number of ether oxygens (including phenoxy) is 2. The van der Waals surface area contributed by atoms with Crippen LogP contribution in [0.25, 0.3) is 0 Å². The van der Waals surface area contributed by atoms with Crippen molar-refractivity contribution in [3.8, 4) is 11.5 Å². The molecule has 68 valence electrons. The van der Waals surface area contributed by atoms with E-state index in [4.69, 9.17) is 9.47 Å². The van der Waals surface area contributed by atoms with Crippen LogP contribution in [0.2, 0.25) is 0 Å². The minimum Gasteiger partial charge on any atom is -0.486 e. The van der Waals surface area contributed by atoms with Gasteiger partial charge in [-0.2, -0.15) is 0 Å². The van der Waals surface area contributed by atoms with Crippen LogP contribution in [-0.4, -0.2) is 13.2 Å². The number of hydrogen-bond donors (Lipinski definition) is 0. The first kappa shape index (κ1) is 8.17. The molecule has 0 saturated heterocycles. The average Bonchev–Trinajstić information content (AvgIpc) is 2.19. The third-order valence-electron chi connectivity index (χ3n) is 2.01. The fourth-order valence-electron chi connectivity index (χ4n) is 1.45. The quantitative estimate of drug-likeness (QED) is 0.643. The molecule has 0 aliphatic carbocycles. The van der Waals surface area contributed by atoms with Crippen LogP contribution in [0.5, 0.6) is 11.5 Å². The number of para-hydroxylation sites is 1. The van der Waals surface area contributed by atoms with Crippen molar-refractivity contribution in [3.63, 3.8) is 0 Å². The smallest absolute Gasteiger partial charge is 0.164 e. The Bertz CT molecular complexity index is 318. The zero-order valence-electron chi connectivity index (χ0n) is 7.45. The molecule has 2 rings (SSSR count). The Morgan fingerprint density at radius 1 is 1.31 bits per heavy atom. The summed E-state index contributed by atoms with van der Waals surface area (Å²) in [6, 6.07) is 5.95. The van der Waals surface area contributed by atoms with Crippen LogP contribution in [0.3, 0.4) is 0 Å². The summed E-state index contributed by atoms with van der Waals surface area (Å²) in [5.74, 6) is 1.74. The third kappa shape index (κ3) is 1.52. The summed E-state index contributed by atoms with van der Waals surface area (Å²) in [4.78, 5) is 0. The molecule has 2 nitrogen and oxygen atoms in total. The Kier molecular flexibility index (Phi) is 2.21. The molecule has 1 aliphatic heterocycles. The molecule has 0 N–H and O–H groups in total. The van der Waals surface area contributed by atoms with Gasteiger partial charge < -0.3 is 9.47 Å². The zero-order chi connectivity index (χ0) is 9.10. The summed E-state index contributed by atoms with van der Waals surface area (Å²) in [5.41, 5.74) is 1.15. The van der Waals surface area contributed by atoms with E-state index >= 15 is 0 Å². The highest BCUT2D eigenvalue weighted by Gasteiger charge is 2.13. The summed E-state index contributed by atoms with van der Waals surface area (Å²) in [7, 11) is 0. The Morgan fingerprint density at radius 3 is 3.00 bits per heavy atom. The lowest BCUT2D eigenvalue weighted by atomic mass is 10.1. The first-order chi connectivity index (χ1) is 6.42. The highest BCUT2D eigenvalue weighted by Crippen LogP contribution is 2.33. The molecule has 2 heteroatoms. The fraction of sp³-hybridized carbons (Fsp3) is 0.273. The van der Waals surface area contributed by atoms with Gasteiger partial charge in [0.2, 0.25) is 0 Å². The first-order valence-corrected chi connectivity index (χ1v) is 4.40. The highest BCUT2D eigenvalue weighted by atomic mass is 16.6. The molecule has 1 aliphatic rings. The SMILES string of the molecule is C=CCc1cccc2c1OCCO2. The topological polar surface area (TPSA) is 18.5 Å². The molecule has 1 aromatic rings. The van der Waals surface area contributed by atoms with Crippen LogP contribution in [0.1, 0.15) is 5.56 Å². The van der Waals surface area contributed by atoms with Crippen LogP contribution in [-0.2, 0) is 6.42 Å². The van der Waals surface area contributed by atoms with E-state index in [1.807, 2.05) is 24.3 Å². The van der Waals surface area contributed by atoms with E-state index in [1.165, 1.54) is 0 Å². The van der Waals surface area contributed by atoms with E-state index in [1.54, 1.807) is 0 Å². The van der Waals surface area contributed by atoms with Gasteiger partial charge in [0, 0.05) is 5.56 Å². The molecule has 0 unspecified atom stereocenters. The van der Waals surface area contributed by atoms with Crippen molar-refractivity contribution in [2.24, 2.45) is 0 Å². The second-order valence-corrected chi connectivity index (χ2v) is 2.93. The van der Waals surface area contributed by atoms with E-state index in [0.29, 0.717) is 13.2 Å². The van der Waals surface area contributed by atoms with Gasteiger partial charge in [-0.25, -0.2) is 0 Å². The van der Waals surface area contributed by atoms with Gasteiger partial charge in [-0.1, -0.05) is 18.2 Å². The predicted molar refractivity (Wildman–Crippen MR) is 51.3 cm³/mol. The molecular weight excluding hydrogens is 164 g/mol. The Hall–Kier alpha value is -1.44. The minimum absolute atomic E-state index is 0.640. The van der Waals surface area contributed by atoms with Crippen LogP contribution in [0, 0.1) is 0 Å². The predicted octanol–water partition coefficient (Wildman–Crippen LogP) is 2.19. The number of fused-ring (bicyclic) bond motifs is 1. The summed E-state index contributed by atoms with van der Waals surface area (Å²) in [6.07, 6.45) is 2.69. The lowest BCUT2D eigenvalue weighted by Crippen LogP contribution is -2.16. The summed E-state index contributed by atoms with van der Waals surface area (Å²) < 4.78 is 11.0. The monoisotopic (exact) mass is 176 g/mol. The summed E-state index contributed by atoms with van der Waals surface area (Å²) in [6.45, 7) is 4.99. The largest absolute Gasteiger partial charge is 0.486 e. The summed E-state index contributed by atoms with van der Waals surface area (Å²) >= 11 is 0. The van der Waals surface area contributed by atoms with E-state index in [9.17, 15) is 0 Å². The van der Waals surface area contributed by atoms with Crippen LogP contribution in [0.15, 0.2) is 30.9 Å². The number of benzene rings is 1. The maximum atomic E-state index is 5.53. The average molecular weight is 176 g/mol. The van der Waals surface area contributed by atoms with Gasteiger partial charge in [-0.3, -0.25) is 0 Å². The summed E-state index contributed by atoms with van der Waals surface area (Å²) in [5, 5.41) is 0. The van der Waals surface area contributed by atoms with Crippen molar-refractivity contribution in [1.82, 2.24) is 0 Å². The molecule has 0 bridgehead atoms. The van der Waals surface area contributed by atoms with E-state index in [0.717, 1.165) is 23.5 Å². The normalized spacial score (nSPS) is 13.8. The van der Waals surface area contributed by atoms with Gasteiger partial charge >= 0.3 is 0 Å². The van der Waals surface area contributed by atoms with E-state index in [2.05, 4.69) is 6.58 Å². The first-order valence-electron chi connectivity index (χ1n) is 4.40. The second-order valence-electron chi connectivity index (χ2n) is 2.93. The standard InChI is InChI=1S/C11H12O2/c1-2-4-9-5-3-6-10-11(9)13-8-7-12-10/h2-3,5-6H,1,4,7-8H2. The molecule has 0 spiro atoms. The Morgan fingerprint density at radius 2 is 2.15 bits per heavy atom. The molecule has 0 aromatic heterocycles. The van der Waals surface area contributed by atoms with Crippen molar-refractivity contribution < 1.29 is 9.47 Å². The molecular formula is C11H12O2. The third-order valence-corrected chi connectivity index (χ3v) is 2.01. The van der Waals surface area contributed by atoms with E-state index < -0.39 is 0 Å². The van der Waals surface area contributed by atoms with Crippen molar-refractivity contribution in [2.75, 3.05) is 13.2 Å². The van der Waals surface area contributed by atoms with Crippen LogP contribution < -0.4 is 9.47 Å². The number of hydrogen-bond acceptors (Lipinski definition) is 2. The second kappa shape index (κ2) is 3.52. The zero-order valence-corrected chi connectivity index (χ0v) is 7.45. The van der Waals surface area contributed by atoms with Crippen LogP contribution >= 0.6 is 0 Å². The van der Waals surface area contributed by atoms with Crippen LogP contribution in [0.4, 0.5) is 0 Å². The molecule has 13 heavy (non-hydrogen) atoms. The molecule has 0 saturated carbocycles. The van der Waals surface area contributed by atoms with Crippen molar-refractivity contribution in [3.05, 3.63) is 36.4 Å². The Labute approximate surface area is 77.8 Å². The van der Waals surface area contributed by atoms with Crippen molar-refractivity contribution in [2.45, 2.75) is 6.42 Å². The van der Waals surface area contributed by atoms with Gasteiger partial charge in [0.25, 0.3) is 0 Å². The fourth-order valence-corrected chi connectivity index (χ4v) is 1.45. The van der Waals surface area contributed by atoms with Gasteiger partial charge in [0.15, 0.2) is 11.5 Å². The van der Waals surface area contributed by atoms with Gasteiger partial charge in [-0.05, 0) is 12.5 Å². The molecule has 1 aromatic carbocycles. The van der Waals surface area contributed by atoms with Crippen molar-refractivity contribution in [1.29, 1.82) is 0 Å². The molecule has 0 fully saturated rings. The molecule has 1 heterocycles.